The largest absolute Gasteiger partial charge is 0.507 e. The van der Waals surface area contributed by atoms with E-state index in [1.54, 1.807) is 30.3 Å². The Labute approximate surface area is 186 Å². The van der Waals surface area contributed by atoms with Crippen molar-refractivity contribution in [1.29, 1.82) is 0 Å². The lowest BCUT2D eigenvalue weighted by molar-refractivity contribution is 0.0502. The molecule has 0 heterocycles. The first-order valence-electron chi connectivity index (χ1n) is 9.13. The number of halogens is 2. The minimum atomic E-state index is -0.424. The molecule has 0 aromatic heterocycles. The maximum Gasteiger partial charge on any atom is 0.193 e. The molecule has 0 bridgehead atoms. The zero-order chi connectivity index (χ0) is 22.3. The van der Waals surface area contributed by atoms with Crippen molar-refractivity contribution in [2.24, 2.45) is 0 Å². The summed E-state index contributed by atoms with van der Waals surface area (Å²) >= 11 is 11.9. The van der Waals surface area contributed by atoms with Gasteiger partial charge >= 0.3 is 0 Å². The van der Waals surface area contributed by atoms with Gasteiger partial charge in [0, 0.05) is 18.7 Å². The molecule has 160 valence electrons. The smallest absolute Gasteiger partial charge is 0.193 e. The first kappa shape index (κ1) is 23.8. The molecular weight excluding hydrogens is 427 g/mol. The standard InChI is InChI=1S/C23H24Cl2O5/c1-14(2)5-8-16-20(30-13-28-3)12-21(29-4)22(23(16)27)19(26)10-7-15-6-9-17(24)18(25)11-15/h5-7,9-12,27H,8,13H2,1-4H3/b10-7+. The molecule has 30 heavy (non-hydrogen) atoms. The van der Waals surface area contributed by atoms with Crippen LogP contribution in [0.4, 0.5) is 0 Å². The van der Waals surface area contributed by atoms with E-state index in [2.05, 4.69) is 0 Å². The maximum atomic E-state index is 12.9. The highest BCUT2D eigenvalue weighted by molar-refractivity contribution is 6.42. The number of phenols is 1. The van der Waals surface area contributed by atoms with E-state index in [4.69, 9.17) is 37.4 Å². The van der Waals surface area contributed by atoms with Gasteiger partial charge in [-0.15, -0.1) is 0 Å². The minimum absolute atomic E-state index is 0.00502. The fourth-order valence-electron chi connectivity index (χ4n) is 2.69. The van der Waals surface area contributed by atoms with Crippen LogP contribution in [0.1, 0.15) is 35.3 Å². The molecule has 0 fully saturated rings. The van der Waals surface area contributed by atoms with Crippen molar-refractivity contribution >= 4 is 35.1 Å². The Hall–Kier alpha value is -2.47. The van der Waals surface area contributed by atoms with Gasteiger partial charge in [0.25, 0.3) is 0 Å². The maximum absolute atomic E-state index is 12.9. The van der Waals surface area contributed by atoms with Crippen LogP contribution in [0.2, 0.25) is 10.0 Å². The average Bonchev–Trinajstić information content (AvgIpc) is 2.71. The molecule has 0 aliphatic heterocycles. The summed E-state index contributed by atoms with van der Waals surface area (Å²) in [5.74, 6) is -0.0361. The predicted molar refractivity (Wildman–Crippen MR) is 120 cm³/mol. The summed E-state index contributed by atoms with van der Waals surface area (Å²) in [6.07, 6.45) is 5.25. The molecule has 2 aromatic rings. The van der Waals surface area contributed by atoms with Crippen molar-refractivity contribution in [2.45, 2.75) is 20.3 Å². The van der Waals surface area contributed by atoms with Gasteiger partial charge in [-0.25, -0.2) is 0 Å². The topological polar surface area (TPSA) is 65.0 Å². The predicted octanol–water partition coefficient (Wildman–Crippen LogP) is 6.10. The monoisotopic (exact) mass is 450 g/mol. The summed E-state index contributed by atoms with van der Waals surface area (Å²) in [5, 5.41) is 11.7. The van der Waals surface area contributed by atoms with E-state index in [1.165, 1.54) is 20.3 Å². The molecule has 0 aliphatic carbocycles. The summed E-state index contributed by atoms with van der Waals surface area (Å²) in [4.78, 5) is 12.9. The van der Waals surface area contributed by atoms with E-state index in [-0.39, 0.29) is 23.9 Å². The van der Waals surface area contributed by atoms with Gasteiger partial charge in [-0.2, -0.15) is 0 Å². The number of hydrogen-bond donors (Lipinski definition) is 1. The van der Waals surface area contributed by atoms with Crippen molar-refractivity contribution in [3.05, 3.63) is 68.7 Å². The summed E-state index contributed by atoms with van der Waals surface area (Å²) in [5.41, 5.74) is 2.28. The molecule has 0 saturated carbocycles. The summed E-state index contributed by atoms with van der Waals surface area (Å²) < 4.78 is 15.9. The Morgan fingerprint density at radius 3 is 2.43 bits per heavy atom. The number of hydrogen-bond acceptors (Lipinski definition) is 5. The van der Waals surface area contributed by atoms with Crippen molar-refractivity contribution < 1.29 is 24.1 Å². The molecule has 0 amide bonds. The molecule has 2 rings (SSSR count). The molecule has 1 N–H and O–H groups in total. The number of carbonyl (C=O) groups excluding carboxylic acids is 1. The molecule has 2 aromatic carbocycles. The number of phenolic OH excluding ortho intramolecular Hbond substituents is 1. The van der Waals surface area contributed by atoms with Gasteiger partial charge < -0.3 is 19.3 Å². The summed E-state index contributed by atoms with van der Waals surface area (Å²) in [7, 11) is 2.92. The van der Waals surface area contributed by atoms with Gasteiger partial charge in [0.15, 0.2) is 12.6 Å². The molecule has 0 unspecified atom stereocenters. The molecule has 0 aliphatic rings. The zero-order valence-electron chi connectivity index (χ0n) is 17.3. The lowest BCUT2D eigenvalue weighted by Gasteiger charge is -2.17. The number of methoxy groups -OCH3 is 2. The zero-order valence-corrected chi connectivity index (χ0v) is 18.8. The van der Waals surface area contributed by atoms with Crippen LogP contribution in [0, 0.1) is 0 Å². The Bertz CT molecular complexity index is 976. The number of rotatable bonds is 9. The summed E-state index contributed by atoms with van der Waals surface area (Å²) in [6, 6.07) is 6.60. The summed E-state index contributed by atoms with van der Waals surface area (Å²) in [6.45, 7) is 3.89. The Morgan fingerprint density at radius 2 is 1.83 bits per heavy atom. The highest BCUT2D eigenvalue weighted by atomic mass is 35.5. The van der Waals surface area contributed by atoms with Crippen LogP contribution in [0.3, 0.4) is 0 Å². The molecular formula is C23H24Cl2O5. The molecule has 0 radical (unpaired) electrons. The Balaban J connectivity index is 2.49. The second-order valence-corrected chi connectivity index (χ2v) is 7.50. The lowest BCUT2D eigenvalue weighted by Crippen LogP contribution is -2.07. The molecule has 7 heteroatoms. The fraction of sp³-hybridized carbons (Fsp3) is 0.261. The Morgan fingerprint density at radius 1 is 1.10 bits per heavy atom. The van der Waals surface area contributed by atoms with Gasteiger partial charge in [0.05, 0.1) is 17.2 Å². The minimum Gasteiger partial charge on any atom is -0.507 e. The second-order valence-electron chi connectivity index (χ2n) is 6.69. The third kappa shape index (κ3) is 6.02. The van der Waals surface area contributed by atoms with Gasteiger partial charge in [-0.3, -0.25) is 4.79 Å². The van der Waals surface area contributed by atoms with Crippen LogP contribution in [0.5, 0.6) is 17.2 Å². The van der Waals surface area contributed by atoms with E-state index < -0.39 is 5.78 Å². The second kappa shape index (κ2) is 11.1. The van der Waals surface area contributed by atoms with E-state index >= 15 is 0 Å². The number of aromatic hydroxyl groups is 1. The van der Waals surface area contributed by atoms with Crippen LogP contribution in [-0.2, 0) is 11.2 Å². The van der Waals surface area contributed by atoms with Crippen LogP contribution >= 0.6 is 23.2 Å². The number of carbonyl (C=O) groups is 1. The fourth-order valence-corrected chi connectivity index (χ4v) is 2.99. The van der Waals surface area contributed by atoms with Crippen molar-refractivity contribution in [3.63, 3.8) is 0 Å². The van der Waals surface area contributed by atoms with Crippen molar-refractivity contribution in [1.82, 2.24) is 0 Å². The highest BCUT2D eigenvalue weighted by Crippen LogP contribution is 2.40. The van der Waals surface area contributed by atoms with E-state index in [0.29, 0.717) is 33.3 Å². The van der Waals surface area contributed by atoms with Gasteiger partial charge in [-0.05, 0) is 44.0 Å². The first-order valence-corrected chi connectivity index (χ1v) is 9.89. The highest BCUT2D eigenvalue weighted by Gasteiger charge is 2.23. The van der Waals surface area contributed by atoms with Gasteiger partial charge in [-0.1, -0.05) is 47.0 Å². The number of benzene rings is 2. The normalized spacial score (nSPS) is 10.9. The van der Waals surface area contributed by atoms with Crippen LogP contribution in [0.25, 0.3) is 6.08 Å². The molecule has 0 spiro atoms. The molecule has 0 saturated heterocycles. The Kier molecular flexibility index (Phi) is 8.78. The first-order chi connectivity index (χ1) is 14.3. The number of ether oxygens (including phenoxy) is 3. The average molecular weight is 451 g/mol. The van der Waals surface area contributed by atoms with Crippen molar-refractivity contribution in [3.8, 4) is 17.2 Å². The quantitative estimate of drug-likeness (QED) is 0.216. The lowest BCUT2D eigenvalue weighted by atomic mass is 9.99. The molecule has 5 nitrogen and oxygen atoms in total. The van der Waals surface area contributed by atoms with Gasteiger partial charge in [0.2, 0.25) is 0 Å². The van der Waals surface area contributed by atoms with E-state index in [9.17, 15) is 9.90 Å². The van der Waals surface area contributed by atoms with Gasteiger partial charge in [0.1, 0.15) is 22.8 Å². The third-order valence-corrected chi connectivity index (χ3v) is 4.95. The van der Waals surface area contributed by atoms with Crippen LogP contribution in [0.15, 0.2) is 42.0 Å². The number of ketones is 1. The van der Waals surface area contributed by atoms with E-state index in [1.807, 2.05) is 19.9 Å². The SMILES string of the molecule is COCOc1cc(OC)c(C(=O)/C=C/c2ccc(Cl)c(Cl)c2)c(O)c1CC=C(C)C. The molecule has 0 atom stereocenters. The van der Waals surface area contributed by atoms with Crippen molar-refractivity contribution in [2.75, 3.05) is 21.0 Å². The van der Waals surface area contributed by atoms with E-state index in [0.717, 1.165) is 5.57 Å². The van der Waals surface area contributed by atoms with Crippen LogP contribution < -0.4 is 9.47 Å². The van der Waals surface area contributed by atoms with Crippen LogP contribution in [-0.4, -0.2) is 31.9 Å². The number of allylic oxidation sites excluding steroid dienone is 3. The third-order valence-electron chi connectivity index (χ3n) is 4.21.